The lowest BCUT2D eigenvalue weighted by atomic mass is 10.1. The van der Waals surface area contributed by atoms with Crippen LogP contribution in [0.3, 0.4) is 0 Å². The predicted octanol–water partition coefficient (Wildman–Crippen LogP) is 2.62. The van der Waals surface area contributed by atoms with Gasteiger partial charge in [-0.25, -0.2) is 8.78 Å². The Labute approximate surface area is 125 Å². The number of nitrogen functional groups attached to an aromatic ring is 1. The van der Waals surface area contributed by atoms with Crippen LogP contribution >= 0.6 is 11.3 Å². The van der Waals surface area contributed by atoms with Crippen molar-refractivity contribution in [1.29, 1.82) is 0 Å². The Morgan fingerprint density at radius 3 is 2.52 bits per heavy atom. The highest BCUT2D eigenvalue weighted by Crippen LogP contribution is 2.28. The summed E-state index contributed by atoms with van der Waals surface area (Å²) in [7, 11) is 1.53. The maximum absolute atomic E-state index is 13.0. The third kappa shape index (κ3) is 3.91. The van der Waals surface area contributed by atoms with Crippen molar-refractivity contribution >= 4 is 27.9 Å². The van der Waals surface area contributed by atoms with Crippen molar-refractivity contribution in [3.8, 4) is 0 Å². The van der Waals surface area contributed by atoms with E-state index in [1.165, 1.54) is 30.5 Å². The first-order valence-electron chi connectivity index (χ1n) is 6.30. The van der Waals surface area contributed by atoms with Gasteiger partial charge in [0.05, 0.1) is 10.7 Å². The van der Waals surface area contributed by atoms with E-state index in [1.807, 2.05) is 0 Å². The average Bonchev–Trinajstić information content (AvgIpc) is 2.78. The Balaban J connectivity index is 1.96. The van der Waals surface area contributed by atoms with Crippen molar-refractivity contribution < 1.29 is 13.6 Å². The number of rotatable bonds is 5. The maximum Gasteiger partial charge on any atom is 0.263 e. The van der Waals surface area contributed by atoms with Gasteiger partial charge in [0.2, 0.25) is 0 Å². The topological polar surface area (TPSA) is 67.2 Å². The van der Waals surface area contributed by atoms with Crippen molar-refractivity contribution in [3.05, 3.63) is 46.3 Å². The highest BCUT2D eigenvalue weighted by atomic mass is 32.1. The SMILES string of the molecule is CNC(=O)c1sc(NCCc2cc(F)cc(F)c2)cc1N. The molecule has 1 amide bonds. The molecule has 0 aliphatic rings. The van der Waals surface area contributed by atoms with Gasteiger partial charge in [-0.2, -0.15) is 0 Å². The summed E-state index contributed by atoms with van der Waals surface area (Å²) in [5.41, 5.74) is 6.72. The van der Waals surface area contributed by atoms with E-state index in [1.54, 1.807) is 6.07 Å². The van der Waals surface area contributed by atoms with Crippen LogP contribution in [0.25, 0.3) is 0 Å². The van der Waals surface area contributed by atoms with Gasteiger partial charge < -0.3 is 16.4 Å². The second kappa shape index (κ2) is 6.53. The minimum absolute atomic E-state index is 0.238. The normalized spacial score (nSPS) is 10.4. The summed E-state index contributed by atoms with van der Waals surface area (Å²) in [5.74, 6) is -1.42. The fourth-order valence-corrected chi connectivity index (χ4v) is 2.82. The van der Waals surface area contributed by atoms with Gasteiger partial charge in [0.1, 0.15) is 16.5 Å². The molecule has 0 fully saturated rings. The molecule has 21 heavy (non-hydrogen) atoms. The number of benzene rings is 1. The van der Waals surface area contributed by atoms with Crippen molar-refractivity contribution in [2.24, 2.45) is 0 Å². The minimum Gasteiger partial charge on any atom is -0.397 e. The molecule has 0 saturated carbocycles. The van der Waals surface area contributed by atoms with E-state index in [9.17, 15) is 13.6 Å². The third-order valence-electron chi connectivity index (χ3n) is 2.83. The van der Waals surface area contributed by atoms with Crippen LogP contribution in [0.4, 0.5) is 19.5 Å². The number of thiophene rings is 1. The number of anilines is 2. The van der Waals surface area contributed by atoms with E-state index in [2.05, 4.69) is 10.6 Å². The first kappa shape index (κ1) is 15.2. The second-order valence-corrected chi connectivity index (χ2v) is 5.48. The smallest absolute Gasteiger partial charge is 0.263 e. The molecule has 0 aliphatic carbocycles. The van der Waals surface area contributed by atoms with Crippen molar-refractivity contribution in [1.82, 2.24) is 5.32 Å². The highest BCUT2D eigenvalue weighted by Gasteiger charge is 2.12. The van der Waals surface area contributed by atoms with Gasteiger partial charge in [0.25, 0.3) is 5.91 Å². The molecular weight excluding hydrogens is 296 g/mol. The van der Waals surface area contributed by atoms with Gasteiger partial charge in [0, 0.05) is 19.7 Å². The minimum atomic E-state index is -0.590. The molecule has 0 aliphatic heterocycles. The van der Waals surface area contributed by atoms with Crippen LogP contribution in [-0.4, -0.2) is 19.5 Å². The molecule has 7 heteroatoms. The molecule has 112 valence electrons. The van der Waals surface area contributed by atoms with Crippen LogP contribution in [0.1, 0.15) is 15.2 Å². The van der Waals surface area contributed by atoms with E-state index in [4.69, 9.17) is 5.73 Å². The second-order valence-electron chi connectivity index (χ2n) is 4.43. The lowest BCUT2D eigenvalue weighted by Crippen LogP contribution is -2.17. The van der Waals surface area contributed by atoms with E-state index in [-0.39, 0.29) is 5.91 Å². The summed E-state index contributed by atoms with van der Waals surface area (Å²) < 4.78 is 26.1. The summed E-state index contributed by atoms with van der Waals surface area (Å²) in [6.45, 7) is 0.482. The summed E-state index contributed by atoms with van der Waals surface area (Å²) >= 11 is 1.24. The number of hydrogen-bond acceptors (Lipinski definition) is 4. The van der Waals surface area contributed by atoms with Gasteiger partial charge in [-0.3, -0.25) is 4.79 Å². The molecule has 1 aromatic heterocycles. The van der Waals surface area contributed by atoms with Gasteiger partial charge in [-0.15, -0.1) is 11.3 Å². The molecule has 0 unspecified atom stereocenters. The van der Waals surface area contributed by atoms with Gasteiger partial charge >= 0.3 is 0 Å². The summed E-state index contributed by atoms with van der Waals surface area (Å²) in [4.78, 5) is 12.0. The highest BCUT2D eigenvalue weighted by molar-refractivity contribution is 7.18. The number of nitrogens with two attached hydrogens (primary N) is 1. The van der Waals surface area contributed by atoms with Crippen LogP contribution < -0.4 is 16.4 Å². The number of halogens is 2. The molecule has 0 spiro atoms. The zero-order valence-electron chi connectivity index (χ0n) is 11.4. The molecular formula is C14H15F2N3OS. The van der Waals surface area contributed by atoms with Crippen LogP contribution in [-0.2, 0) is 6.42 Å². The fourth-order valence-electron chi connectivity index (χ4n) is 1.87. The first-order chi connectivity index (χ1) is 9.99. The first-order valence-corrected chi connectivity index (χ1v) is 7.11. The molecule has 1 aromatic carbocycles. The summed E-state index contributed by atoms with van der Waals surface area (Å²) in [6.07, 6.45) is 0.460. The number of nitrogens with one attached hydrogen (secondary N) is 2. The largest absolute Gasteiger partial charge is 0.397 e. The summed E-state index contributed by atoms with van der Waals surface area (Å²) in [6, 6.07) is 5.10. The quantitative estimate of drug-likeness (QED) is 0.795. The monoisotopic (exact) mass is 311 g/mol. The molecule has 0 radical (unpaired) electrons. The molecule has 2 rings (SSSR count). The molecule has 1 heterocycles. The number of amides is 1. The van der Waals surface area contributed by atoms with Crippen molar-refractivity contribution in [3.63, 3.8) is 0 Å². The molecule has 0 atom stereocenters. The molecule has 4 nitrogen and oxygen atoms in total. The van der Waals surface area contributed by atoms with Crippen molar-refractivity contribution in [2.75, 3.05) is 24.6 Å². The third-order valence-corrected chi connectivity index (χ3v) is 3.94. The van der Waals surface area contributed by atoms with Gasteiger partial charge in [0.15, 0.2) is 0 Å². The summed E-state index contributed by atoms with van der Waals surface area (Å²) in [5, 5.41) is 6.33. The zero-order chi connectivity index (χ0) is 15.4. The average molecular weight is 311 g/mol. The van der Waals surface area contributed by atoms with Crippen LogP contribution in [0, 0.1) is 11.6 Å². The Morgan fingerprint density at radius 1 is 1.24 bits per heavy atom. The lowest BCUT2D eigenvalue weighted by molar-refractivity contribution is 0.0968. The van der Waals surface area contributed by atoms with Crippen molar-refractivity contribution in [2.45, 2.75) is 6.42 Å². The Kier molecular flexibility index (Phi) is 4.74. The van der Waals surface area contributed by atoms with E-state index >= 15 is 0 Å². The molecule has 0 saturated heterocycles. The number of hydrogen-bond donors (Lipinski definition) is 3. The predicted molar refractivity (Wildman–Crippen MR) is 80.7 cm³/mol. The lowest BCUT2D eigenvalue weighted by Gasteiger charge is -2.04. The van der Waals surface area contributed by atoms with Gasteiger partial charge in [-0.1, -0.05) is 0 Å². The maximum atomic E-state index is 13.0. The number of carbonyl (C=O) groups is 1. The van der Waals surface area contributed by atoms with Gasteiger partial charge in [-0.05, 0) is 30.2 Å². The van der Waals surface area contributed by atoms with E-state index in [0.29, 0.717) is 29.1 Å². The van der Waals surface area contributed by atoms with Crippen LogP contribution in [0.5, 0.6) is 0 Å². The molecule has 0 bridgehead atoms. The Morgan fingerprint density at radius 2 is 1.90 bits per heavy atom. The molecule has 4 N–H and O–H groups in total. The zero-order valence-corrected chi connectivity index (χ0v) is 12.2. The van der Waals surface area contributed by atoms with Crippen LogP contribution in [0.2, 0.25) is 0 Å². The fraction of sp³-hybridized carbons (Fsp3) is 0.214. The Bertz CT molecular complexity index is 637. The number of carbonyl (C=O) groups excluding carboxylic acids is 1. The van der Waals surface area contributed by atoms with Crippen LogP contribution in [0.15, 0.2) is 24.3 Å². The van der Waals surface area contributed by atoms with E-state index < -0.39 is 11.6 Å². The standard InChI is InChI=1S/C14H15F2N3OS/c1-18-14(20)13-11(17)7-12(21-13)19-3-2-8-4-9(15)6-10(16)5-8/h4-7,19H,2-3,17H2,1H3,(H,18,20). The molecule has 2 aromatic rings. The Hall–Kier alpha value is -2.15. The van der Waals surface area contributed by atoms with E-state index in [0.717, 1.165) is 11.1 Å².